The Bertz CT molecular complexity index is 2580. The third-order valence-electron chi connectivity index (χ3n) is 10.7. The van der Waals surface area contributed by atoms with Crippen LogP contribution >= 0.6 is 0 Å². The number of benzene rings is 5. The molecular formula is C42H33B4N5O8. The van der Waals surface area contributed by atoms with E-state index < -0.39 is 21.4 Å². The summed E-state index contributed by atoms with van der Waals surface area (Å²) < 4.78 is 23.5. The number of nitrogens with zero attached hydrogens (tertiary/aromatic N) is 4. The highest BCUT2D eigenvalue weighted by Crippen LogP contribution is 2.44. The van der Waals surface area contributed by atoms with Gasteiger partial charge in [-0.05, 0) is 52.9 Å². The van der Waals surface area contributed by atoms with Crippen molar-refractivity contribution < 1.29 is 33.5 Å². The van der Waals surface area contributed by atoms with Crippen molar-refractivity contribution in [2.45, 2.75) is 29.7 Å². The normalized spacial score (nSPS) is 15.4. The van der Waals surface area contributed by atoms with Gasteiger partial charge in [-0.2, -0.15) is 0 Å². The number of carbonyl (C=O) groups is 2. The number of carbonyl (C=O) groups excluding carboxylic acids is 2. The number of anilines is 3. The average molecular weight is 779 g/mol. The van der Waals surface area contributed by atoms with Crippen molar-refractivity contribution in [3.8, 4) is 23.0 Å². The van der Waals surface area contributed by atoms with Crippen LogP contribution < -0.4 is 34.1 Å². The zero-order valence-corrected chi connectivity index (χ0v) is 32.3. The Hall–Kier alpha value is -6.63. The Morgan fingerprint density at radius 1 is 0.831 bits per heavy atom. The van der Waals surface area contributed by atoms with Gasteiger partial charge in [0.25, 0.3) is 17.5 Å². The van der Waals surface area contributed by atoms with Crippen molar-refractivity contribution in [1.82, 2.24) is 0 Å². The fourth-order valence-corrected chi connectivity index (χ4v) is 7.68. The third-order valence-corrected chi connectivity index (χ3v) is 10.7. The lowest BCUT2D eigenvalue weighted by atomic mass is 9.57. The summed E-state index contributed by atoms with van der Waals surface area (Å²) in [6.45, 7) is 0.501. The molecule has 0 spiro atoms. The van der Waals surface area contributed by atoms with Gasteiger partial charge in [-0.3, -0.25) is 29.6 Å². The number of methoxy groups -OCH3 is 2. The smallest absolute Gasteiger partial charge is 0.270 e. The number of nitro benzene ring substituents is 1. The molecule has 59 heavy (non-hydrogen) atoms. The Balaban J connectivity index is 1.10. The molecule has 286 valence electrons. The SMILES string of the molecule is [B]C([B])(Oc1cc2c(cc1OC)C(=O)N1c3ccccc3CC1C=N2)c1cc([N+](=O)[O-])cc(C([B])([B])Oc2cc(NC)c(C(=O)N3CCc4ccccc43)cc2OC)c1. The number of amides is 2. The van der Waals surface area contributed by atoms with Gasteiger partial charge in [0.15, 0.2) is 23.0 Å². The number of hydrogen-bond donors (Lipinski definition) is 1. The van der Waals surface area contributed by atoms with E-state index in [2.05, 4.69) is 10.3 Å². The zero-order chi connectivity index (χ0) is 41.8. The van der Waals surface area contributed by atoms with Crippen LogP contribution in [0.1, 0.15) is 43.0 Å². The first-order valence-electron chi connectivity index (χ1n) is 18.5. The summed E-state index contributed by atoms with van der Waals surface area (Å²) in [6, 6.07) is 24.5. The van der Waals surface area contributed by atoms with Crippen LogP contribution in [0.3, 0.4) is 0 Å². The number of para-hydroxylation sites is 2. The molecule has 1 atom stereocenters. The standard InChI is InChI=1S/C42H33B4N5O8/c1-47-31-20-37(35(56-2)18-29(31)39(52)49-13-12-23-8-4-6-10-33(23)49)58-41(43,44)25-15-26(17-27(16-25)51(54)55)42(45,46)59-38-21-32-30(19-36(38)57-3)40(53)50-28(22-48-32)14-24-9-5-7-11-34(24)50/h4-11,15-22,28,47H,12-14H2,1-3H3. The molecule has 8 rings (SSSR count). The molecule has 0 bridgehead atoms. The van der Waals surface area contributed by atoms with E-state index in [1.807, 2.05) is 48.5 Å². The molecule has 3 heterocycles. The number of nitrogens with one attached hydrogen (secondary N) is 1. The molecule has 3 aliphatic heterocycles. The third kappa shape index (κ3) is 7.04. The van der Waals surface area contributed by atoms with E-state index in [0.717, 1.165) is 34.6 Å². The van der Waals surface area contributed by atoms with Crippen LogP contribution in [-0.2, 0) is 23.6 Å². The van der Waals surface area contributed by atoms with Crippen LogP contribution in [0.4, 0.5) is 28.4 Å². The molecule has 1 unspecified atom stereocenters. The van der Waals surface area contributed by atoms with Crippen molar-refractivity contribution in [2.24, 2.45) is 4.99 Å². The largest absolute Gasteiger partial charge is 0.499 e. The van der Waals surface area contributed by atoms with E-state index in [1.54, 1.807) is 23.1 Å². The average Bonchev–Trinajstić information content (AvgIpc) is 3.80. The molecule has 17 heteroatoms. The molecular weight excluding hydrogens is 746 g/mol. The van der Waals surface area contributed by atoms with Crippen LogP contribution in [0.5, 0.6) is 23.0 Å². The van der Waals surface area contributed by atoms with Crippen LogP contribution in [0.15, 0.2) is 96.0 Å². The minimum Gasteiger partial charge on any atom is -0.499 e. The Morgan fingerprint density at radius 3 is 2.08 bits per heavy atom. The van der Waals surface area contributed by atoms with E-state index in [4.69, 9.17) is 50.3 Å². The van der Waals surface area contributed by atoms with Crippen LogP contribution in [0, 0.1) is 10.1 Å². The highest BCUT2D eigenvalue weighted by Gasteiger charge is 2.38. The van der Waals surface area contributed by atoms with Crippen molar-refractivity contribution in [3.05, 3.63) is 134 Å². The summed E-state index contributed by atoms with van der Waals surface area (Å²) in [6.07, 6.45) is 3.01. The lowest BCUT2D eigenvalue weighted by Gasteiger charge is -2.33. The monoisotopic (exact) mass is 779 g/mol. The van der Waals surface area contributed by atoms with E-state index in [0.29, 0.717) is 30.6 Å². The maximum Gasteiger partial charge on any atom is 0.270 e. The van der Waals surface area contributed by atoms with Gasteiger partial charge in [0, 0.05) is 61.9 Å². The molecule has 0 fully saturated rings. The summed E-state index contributed by atoms with van der Waals surface area (Å²) in [4.78, 5) is 47.4. The molecule has 1 N–H and O–H groups in total. The van der Waals surface area contributed by atoms with Gasteiger partial charge in [0.2, 0.25) is 0 Å². The molecule has 0 aliphatic carbocycles. The molecule has 2 amide bonds. The summed E-state index contributed by atoms with van der Waals surface area (Å²) in [5, 5.41) is 10.7. The molecule has 0 saturated carbocycles. The number of ether oxygens (including phenoxy) is 4. The molecule has 8 radical (unpaired) electrons. The summed E-state index contributed by atoms with van der Waals surface area (Å²) in [5.74, 6) is -0.324. The molecule has 3 aliphatic rings. The van der Waals surface area contributed by atoms with Crippen LogP contribution in [-0.4, -0.2) is 88.2 Å². The fourth-order valence-electron chi connectivity index (χ4n) is 7.68. The number of non-ortho nitro benzene ring substituents is 1. The second-order valence-corrected chi connectivity index (χ2v) is 14.3. The predicted octanol–water partition coefficient (Wildman–Crippen LogP) is 5.20. The lowest BCUT2D eigenvalue weighted by molar-refractivity contribution is -0.385. The van der Waals surface area contributed by atoms with E-state index in [9.17, 15) is 19.7 Å². The van der Waals surface area contributed by atoms with Gasteiger partial charge in [0.05, 0.1) is 58.5 Å². The summed E-state index contributed by atoms with van der Waals surface area (Å²) >= 11 is 0. The molecule has 13 nitrogen and oxygen atoms in total. The summed E-state index contributed by atoms with van der Waals surface area (Å²) in [7, 11) is 30.7. The number of nitro groups is 1. The molecule has 5 aromatic carbocycles. The maximum absolute atomic E-state index is 13.9. The van der Waals surface area contributed by atoms with Crippen LogP contribution in [0.2, 0.25) is 0 Å². The van der Waals surface area contributed by atoms with Gasteiger partial charge in [-0.15, -0.1) is 0 Å². The number of rotatable bonds is 11. The van der Waals surface area contributed by atoms with Gasteiger partial charge in [-0.25, -0.2) is 0 Å². The topological polar surface area (TPSA) is 145 Å². The summed E-state index contributed by atoms with van der Waals surface area (Å²) in [5.41, 5.74) is 4.20. The van der Waals surface area contributed by atoms with Crippen LogP contribution in [0.25, 0.3) is 0 Å². The first kappa shape index (κ1) is 39.2. The van der Waals surface area contributed by atoms with Crippen molar-refractivity contribution >= 4 is 77.9 Å². The van der Waals surface area contributed by atoms with Gasteiger partial charge in [-0.1, -0.05) is 42.5 Å². The minimum atomic E-state index is -2.27. The predicted molar refractivity (Wildman–Crippen MR) is 227 cm³/mol. The number of hydrogen-bond acceptors (Lipinski definition) is 10. The van der Waals surface area contributed by atoms with E-state index >= 15 is 0 Å². The molecule has 5 aromatic rings. The van der Waals surface area contributed by atoms with E-state index in [1.165, 1.54) is 44.6 Å². The highest BCUT2D eigenvalue weighted by molar-refractivity contribution is 6.40. The number of fused-ring (bicyclic) bond motifs is 5. The van der Waals surface area contributed by atoms with Crippen molar-refractivity contribution in [2.75, 3.05) is 42.9 Å². The Kier molecular flexibility index (Phi) is 9.93. The maximum atomic E-state index is 13.9. The lowest BCUT2D eigenvalue weighted by Crippen LogP contribution is -2.38. The van der Waals surface area contributed by atoms with Gasteiger partial charge in [0.1, 0.15) is 31.4 Å². The fraction of sp³-hybridized carbons (Fsp3) is 0.214. The van der Waals surface area contributed by atoms with Gasteiger partial charge >= 0.3 is 0 Å². The van der Waals surface area contributed by atoms with E-state index in [-0.39, 0.29) is 63.2 Å². The quantitative estimate of drug-likeness (QED) is 0.109. The first-order valence-corrected chi connectivity index (χ1v) is 18.5. The zero-order valence-electron chi connectivity index (χ0n) is 32.3. The second-order valence-electron chi connectivity index (χ2n) is 14.3. The number of aliphatic imine (C=N–C) groups is 1. The van der Waals surface area contributed by atoms with Gasteiger partial charge < -0.3 is 29.2 Å². The second kappa shape index (κ2) is 14.9. The first-order chi connectivity index (χ1) is 28.2. The highest BCUT2D eigenvalue weighted by atomic mass is 16.6. The minimum absolute atomic E-state index is 0.00360. The van der Waals surface area contributed by atoms with Crippen molar-refractivity contribution in [3.63, 3.8) is 0 Å². The Morgan fingerprint density at radius 2 is 1.44 bits per heavy atom. The van der Waals surface area contributed by atoms with Crippen molar-refractivity contribution in [1.29, 1.82) is 0 Å². The molecule has 0 saturated heterocycles. The Labute approximate surface area is 345 Å². The molecule has 0 aromatic heterocycles.